The Morgan fingerprint density at radius 1 is 1.19 bits per heavy atom. The SMILES string of the molecule is CO/C(N)=C/C=C(\N)NC(=O)c1ccccc1NC(=O)COCCN1CCC(N)CC1. The predicted octanol–water partition coefficient (Wildman–Crippen LogP) is 0.0412. The van der Waals surface area contributed by atoms with Gasteiger partial charge in [0, 0.05) is 18.7 Å². The van der Waals surface area contributed by atoms with Crippen LogP contribution in [-0.2, 0) is 14.3 Å². The number of rotatable bonds is 10. The molecule has 0 bridgehead atoms. The highest BCUT2D eigenvalue weighted by molar-refractivity contribution is 6.04. The summed E-state index contributed by atoms with van der Waals surface area (Å²) in [6, 6.07) is 6.90. The standard InChI is InChI=1S/C21H32N6O4/c1-30-19(24)7-6-18(23)26-21(29)16-4-2-3-5-17(16)25-20(28)14-31-13-12-27-10-8-15(22)9-11-27/h2-7,15H,8-14,22-24H2,1H3,(H,25,28)(H,26,29)/b18-6+,19-7+. The number of para-hydroxylation sites is 1. The highest BCUT2D eigenvalue weighted by atomic mass is 16.5. The molecule has 2 rings (SSSR count). The van der Waals surface area contributed by atoms with Crippen molar-refractivity contribution < 1.29 is 19.1 Å². The molecule has 2 amide bonds. The van der Waals surface area contributed by atoms with Gasteiger partial charge in [0.2, 0.25) is 5.91 Å². The largest absolute Gasteiger partial charge is 0.483 e. The average molecular weight is 433 g/mol. The van der Waals surface area contributed by atoms with Crippen LogP contribution in [0.5, 0.6) is 0 Å². The second-order valence-electron chi connectivity index (χ2n) is 7.17. The topological polar surface area (TPSA) is 158 Å². The van der Waals surface area contributed by atoms with Gasteiger partial charge in [-0.15, -0.1) is 0 Å². The Morgan fingerprint density at radius 2 is 1.90 bits per heavy atom. The van der Waals surface area contributed by atoms with E-state index in [-0.39, 0.29) is 35.8 Å². The number of likely N-dealkylation sites (tertiary alicyclic amines) is 1. The summed E-state index contributed by atoms with van der Waals surface area (Å²) < 4.78 is 10.3. The van der Waals surface area contributed by atoms with Crippen LogP contribution in [0.15, 0.2) is 48.1 Å². The van der Waals surface area contributed by atoms with E-state index in [2.05, 4.69) is 15.5 Å². The monoisotopic (exact) mass is 432 g/mol. The zero-order valence-corrected chi connectivity index (χ0v) is 17.8. The number of anilines is 1. The fourth-order valence-corrected chi connectivity index (χ4v) is 2.99. The molecule has 0 atom stereocenters. The molecule has 1 heterocycles. The molecule has 1 aliphatic rings. The van der Waals surface area contributed by atoms with Gasteiger partial charge in [-0.2, -0.15) is 0 Å². The summed E-state index contributed by atoms with van der Waals surface area (Å²) in [6.07, 6.45) is 4.78. The van der Waals surface area contributed by atoms with Crippen molar-refractivity contribution in [1.82, 2.24) is 10.2 Å². The minimum Gasteiger partial charge on any atom is -0.483 e. The Morgan fingerprint density at radius 3 is 2.61 bits per heavy atom. The Balaban J connectivity index is 1.82. The van der Waals surface area contributed by atoms with E-state index in [4.69, 9.17) is 26.7 Å². The maximum absolute atomic E-state index is 12.5. The quantitative estimate of drug-likeness (QED) is 0.197. The molecular weight excluding hydrogens is 400 g/mol. The number of nitrogens with two attached hydrogens (primary N) is 3. The van der Waals surface area contributed by atoms with Crippen LogP contribution in [0.3, 0.4) is 0 Å². The molecule has 1 aliphatic heterocycles. The van der Waals surface area contributed by atoms with E-state index in [9.17, 15) is 9.59 Å². The van der Waals surface area contributed by atoms with Crippen molar-refractivity contribution in [3.05, 3.63) is 53.7 Å². The van der Waals surface area contributed by atoms with E-state index >= 15 is 0 Å². The molecule has 0 aliphatic carbocycles. The predicted molar refractivity (Wildman–Crippen MR) is 119 cm³/mol. The first kappa shape index (κ1) is 24.2. The highest BCUT2D eigenvalue weighted by Gasteiger charge is 2.16. The lowest BCUT2D eigenvalue weighted by molar-refractivity contribution is -0.120. The number of carbonyl (C=O) groups excluding carboxylic acids is 2. The van der Waals surface area contributed by atoms with Crippen molar-refractivity contribution >= 4 is 17.5 Å². The van der Waals surface area contributed by atoms with Crippen LogP contribution in [0.4, 0.5) is 5.69 Å². The third-order valence-electron chi connectivity index (χ3n) is 4.78. The molecule has 0 spiro atoms. The van der Waals surface area contributed by atoms with E-state index in [0.717, 1.165) is 32.5 Å². The summed E-state index contributed by atoms with van der Waals surface area (Å²) in [6.45, 7) is 3.00. The minimum atomic E-state index is -0.474. The zero-order valence-electron chi connectivity index (χ0n) is 17.8. The fraction of sp³-hybridized carbons (Fsp3) is 0.429. The third kappa shape index (κ3) is 8.67. The van der Waals surface area contributed by atoms with Gasteiger partial charge in [0.25, 0.3) is 5.91 Å². The number of methoxy groups -OCH3 is 1. The zero-order chi connectivity index (χ0) is 22.6. The lowest BCUT2D eigenvalue weighted by Gasteiger charge is -2.29. The van der Waals surface area contributed by atoms with Gasteiger partial charge in [-0.05, 0) is 44.1 Å². The van der Waals surface area contributed by atoms with Crippen molar-refractivity contribution in [2.75, 3.05) is 45.3 Å². The van der Waals surface area contributed by atoms with Crippen LogP contribution in [0.1, 0.15) is 23.2 Å². The Labute approximate surface area is 182 Å². The van der Waals surface area contributed by atoms with Crippen molar-refractivity contribution in [2.45, 2.75) is 18.9 Å². The lowest BCUT2D eigenvalue weighted by atomic mass is 10.1. The Kier molecular flexibility index (Phi) is 9.82. The Hall–Kier alpha value is -3.08. The van der Waals surface area contributed by atoms with Crippen molar-refractivity contribution in [1.29, 1.82) is 0 Å². The molecule has 170 valence electrons. The normalized spacial score (nSPS) is 16.1. The summed E-state index contributed by atoms with van der Waals surface area (Å²) >= 11 is 0. The first-order valence-electron chi connectivity index (χ1n) is 10.1. The molecule has 1 fully saturated rings. The lowest BCUT2D eigenvalue weighted by Crippen LogP contribution is -2.41. The molecule has 0 radical (unpaired) electrons. The molecule has 10 heteroatoms. The number of amides is 2. The number of carbonyl (C=O) groups is 2. The van der Waals surface area contributed by atoms with Gasteiger partial charge in [-0.25, -0.2) is 0 Å². The van der Waals surface area contributed by atoms with Gasteiger partial charge in [0.15, 0.2) is 5.88 Å². The van der Waals surface area contributed by atoms with Crippen molar-refractivity contribution in [2.24, 2.45) is 17.2 Å². The van der Waals surface area contributed by atoms with Crippen LogP contribution in [0.25, 0.3) is 0 Å². The molecule has 0 aromatic heterocycles. The molecule has 0 unspecified atom stereocenters. The van der Waals surface area contributed by atoms with Gasteiger partial charge < -0.3 is 42.2 Å². The first-order valence-corrected chi connectivity index (χ1v) is 10.1. The molecule has 1 aromatic rings. The van der Waals surface area contributed by atoms with E-state index < -0.39 is 5.91 Å². The third-order valence-corrected chi connectivity index (χ3v) is 4.78. The van der Waals surface area contributed by atoms with Crippen LogP contribution < -0.4 is 27.8 Å². The second-order valence-corrected chi connectivity index (χ2v) is 7.17. The summed E-state index contributed by atoms with van der Waals surface area (Å²) in [5.74, 6) is -0.597. The summed E-state index contributed by atoms with van der Waals surface area (Å²) in [4.78, 5) is 27.0. The van der Waals surface area contributed by atoms with E-state index in [1.165, 1.54) is 19.3 Å². The van der Waals surface area contributed by atoms with Crippen molar-refractivity contribution in [3.8, 4) is 0 Å². The smallest absolute Gasteiger partial charge is 0.258 e. The molecule has 0 saturated carbocycles. The maximum atomic E-state index is 12.5. The number of piperidine rings is 1. The van der Waals surface area contributed by atoms with Crippen LogP contribution in [-0.4, -0.2) is 62.7 Å². The van der Waals surface area contributed by atoms with Gasteiger partial charge in [-0.1, -0.05) is 12.1 Å². The number of nitrogens with zero attached hydrogens (tertiary/aromatic N) is 1. The summed E-state index contributed by atoms with van der Waals surface area (Å²) in [5.41, 5.74) is 17.8. The molecule has 1 saturated heterocycles. The van der Waals surface area contributed by atoms with Gasteiger partial charge in [0.05, 0.1) is 25.0 Å². The number of hydrogen-bond donors (Lipinski definition) is 5. The minimum absolute atomic E-state index is 0.0770. The van der Waals surface area contributed by atoms with Crippen LogP contribution >= 0.6 is 0 Å². The van der Waals surface area contributed by atoms with Gasteiger partial charge in [0.1, 0.15) is 12.4 Å². The number of hydrogen-bond acceptors (Lipinski definition) is 8. The number of benzene rings is 1. The van der Waals surface area contributed by atoms with Gasteiger partial charge in [-0.3, -0.25) is 9.59 Å². The molecule has 31 heavy (non-hydrogen) atoms. The van der Waals surface area contributed by atoms with E-state index in [1.807, 2.05) is 0 Å². The molecule has 8 N–H and O–H groups in total. The first-order chi connectivity index (χ1) is 14.9. The van der Waals surface area contributed by atoms with Gasteiger partial charge >= 0.3 is 0 Å². The van der Waals surface area contributed by atoms with Crippen molar-refractivity contribution in [3.63, 3.8) is 0 Å². The maximum Gasteiger partial charge on any atom is 0.258 e. The summed E-state index contributed by atoms with van der Waals surface area (Å²) in [5, 5.41) is 5.23. The number of ether oxygens (including phenoxy) is 2. The molecule has 1 aromatic carbocycles. The van der Waals surface area contributed by atoms with E-state index in [0.29, 0.717) is 12.3 Å². The van der Waals surface area contributed by atoms with Crippen LogP contribution in [0.2, 0.25) is 0 Å². The number of nitrogens with one attached hydrogen (secondary N) is 2. The van der Waals surface area contributed by atoms with E-state index in [1.54, 1.807) is 24.3 Å². The van der Waals surface area contributed by atoms with Crippen LogP contribution in [0, 0.1) is 0 Å². The molecule has 10 nitrogen and oxygen atoms in total. The fourth-order valence-electron chi connectivity index (χ4n) is 2.99. The Bertz CT molecular complexity index is 803. The highest BCUT2D eigenvalue weighted by Crippen LogP contribution is 2.15. The number of allylic oxidation sites excluding steroid dienone is 2. The average Bonchev–Trinajstić information content (AvgIpc) is 2.76. The second kappa shape index (κ2) is 12.6. The molecular formula is C21H32N6O4. The summed E-state index contributed by atoms with van der Waals surface area (Å²) in [7, 11) is 1.42.